The lowest BCUT2D eigenvalue weighted by Crippen LogP contribution is -2.41. The Labute approximate surface area is 190 Å². The molecule has 0 aromatic heterocycles. The van der Waals surface area contributed by atoms with Gasteiger partial charge in [0.05, 0.1) is 13.2 Å². The number of rotatable bonds is 9. The van der Waals surface area contributed by atoms with Crippen molar-refractivity contribution in [2.45, 2.75) is 45.3 Å². The van der Waals surface area contributed by atoms with Gasteiger partial charge >= 0.3 is 0 Å². The molecule has 1 heterocycles. The van der Waals surface area contributed by atoms with Gasteiger partial charge in [-0.15, -0.1) is 0 Å². The van der Waals surface area contributed by atoms with Crippen LogP contribution in [0.15, 0.2) is 48.5 Å². The second-order valence-electron chi connectivity index (χ2n) is 9.41. The van der Waals surface area contributed by atoms with Gasteiger partial charge in [0.25, 0.3) is 5.91 Å². The first kappa shape index (κ1) is 24.2. The van der Waals surface area contributed by atoms with E-state index >= 15 is 0 Å². The normalized spacial score (nSPS) is 16.5. The lowest BCUT2D eigenvalue weighted by molar-refractivity contribution is 0.0836. The van der Waals surface area contributed by atoms with E-state index in [1.165, 1.54) is 0 Å². The maximum atomic E-state index is 13.8. The molecule has 2 N–H and O–H groups in total. The minimum Gasteiger partial charge on any atom is -0.493 e. The highest BCUT2D eigenvalue weighted by Crippen LogP contribution is 2.25. The third-order valence-corrected chi connectivity index (χ3v) is 5.78. The van der Waals surface area contributed by atoms with Gasteiger partial charge in [0.15, 0.2) is 0 Å². The highest BCUT2D eigenvalue weighted by molar-refractivity contribution is 5.94. The molecule has 1 amide bonds. The molecule has 0 radical (unpaired) electrons. The summed E-state index contributed by atoms with van der Waals surface area (Å²) >= 11 is 0. The highest BCUT2D eigenvalue weighted by Gasteiger charge is 2.25. The fourth-order valence-electron chi connectivity index (χ4n) is 3.97. The van der Waals surface area contributed by atoms with Crippen molar-refractivity contribution in [2.75, 3.05) is 32.8 Å². The second kappa shape index (κ2) is 10.9. The van der Waals surface area contributed by atoms with Crippen molar-refractivity contribution in [3.05, 3.63) is 54.1 Å². The zero-order valence-electron chi connectivity index (χ0n) is 19.3. The Balaban J connectivity index is 1.48. The number of piperidine rings is 1. The maximum Gasteiger partial charge on any atom is 0.251 e. The number of hydrogen-bond donors (Lipinski definition) is 2. The van der Waals surface area contributed by atoms with Crippen molar-refractivity contribution >= 4 is 5.91 Å². The third-order valence-electron chi connectivity index (χ3n) is 5.78. The molecular formula is C26H35FN2O3. The van der Waals surface area contributed by atoms with E-state index in [2.05, 4.69) is 10.2 Å². The molecule has 2 aromatic carbocycles. The van der Waals surface area contributed by atoms with E-state index in [0.29, 0.717) is 24.6 Å². The number of carbonyl (C=O) groups excluding carboxylic acids is 1. The van der Waals surface area contributed by atoms with Gasteiger partial charge in [-0.1, -0.05) is 24.3 Å². The lowest BCUT2D eigenvalue weighted by atomic mass is 9.97. The summed E-state index contributed by atoms with van der Waals surface area (Å²) in [6.45, 7) is 7.96. The number of nitrogens with one attached hydrogen (secondary N) is 1. The van der Waals surface area contributed by atoms with Crippen LogP contribution in [0.4, 0.5) is 4.39 Å². The maximum absolute atomic E-state index is 13.8. The summed E-state index contributed by atoms with van der Waals surface area (Å²) in [5.41, 5.74) is 1.49. The number of amides is 1. The molecule has 1 atom stereocenters. The Morgan fingerprint density at radius 1 is 1.12 bits per heavy atom. The van der Waals surface area contributed by atoms with Crippen LogP contribution in [0.5, 0.6) is 5.75 Å². The van der Waals surface area contributed by atoms with E-state index in [-0.39, 0.29) is 18.6 Å². The number of halogens is 1. The van der Waals surface area contributed by atoms with Crippen molar-refractivity contribution in [1.82, 2.24) is 10.2 Å². The number of hydrogen-bond acceptors (Lipinski definition) is 4. The number of aliphatic hydroxyl groups excluding tert-OH is 1. The number of nitrogens with zero attached hydrogens (tertiary/aromatic N) is 1. The zero-order chi connectivity index (χ0) is 23.1. The number of ether oxygens (including phenoxy) is 1. The predicted molar refractivity (Wildman–Crippen MR) is 126 cm³/mol. The van der Waals surface area contributed by atoms with Gasteiger partial charge in [0.2, 0.25) is 0 Å². The molecule has 1 aliphatic heterocycles. The van der Waals surface area contributed by atoms with E-state index < -0.39 is 5.67 Å². The van der Waals surface area contributed by atoms with E-state index in [4.69, 9.17) is 9.84 Å². The van der Waals surface area contributed by atoms with E-state index in [1.807, 2.05) is 36.4 Å². The summed E-state index contributed by atoms with van der Waals surface area (Å²) in [6.07, 6.45) is 2.07. The van der Waals surface area contributed by atoms with Gasteiger partial charge in [-0.2, -0.15) is 0 Å². The van der Waals surface area contributed by atoms with Crippen LogP contribution in [0.25, 0.3) is 11.1 Å². The Bertz CT molecular complexity index is 854. The summed E-state index contributed by atoms with van der Waals surface area (Å²) in [6, 6.07) is 15.1. The molecule has 0 aliphatic carbocycles. The lowest BCUT2D eigenvalue weighted by Gasteiger charge is -2.34. The molecule has 1 aliphatic rings. The summed E-state index contributed by atoms with van der Waals surface area (Å²) in [5, 5.41) is 11.8. The molecule has 5 nitrogen and oxygen atoms in total. The zero-order valence-corrected chi connectivity index (χ0v) is 19.3. The molecular weight excluding hydrogens is 407 g/mol. The first-order valence-electron chi connectivity index (χ1n) is 11.4. The van der Waals surface area contributed by atoms with Crippen molar-refractivity contribution < 1.29 is 19.0 Å². The molecule has 174 valence electrons. The van der Waals surface area contributed by atoms with Crippen LogP contribution in [-0.4, -0.2) is 60.5 Å². The van der Waals surface area contributed by atoms with Crippen LogP contribution in [0.3, 0.4) is 0 Å². The monoisotopic (exact) mass is 442 g/mol. The van der Waals surface area contributed by atoms with Crippen LogP contribution in [-0.2, 0) is 0 Å². The molecule has 32 heavy (non-hydrogen) atoms. The summed E-state index contributed by atoms with van der Waals surface area (Å²) in [5.74, 6) is 1.15. The number of benzene rings is 2. The smallest absolute Gasteiger partial charge is 0.251 e. The predicted octanol–water partition coefficient (Wildman–Crippen LogP) is 4.30. The van der Waals surface area contributed by atoms with Gasteiger partial charge in [-0.3, -0.25) is 4.79 Å². The molecule has 2 aromatic rings. The van der Waals surface area contributed by atoms with Gasteiger partial charge in [0, 0.05) is 18.2 Å². The van der Waals surface area contributed by atoms with Crippen LogP contribution in [0, 0.1) is 5.92 Å². The number of alkyl halides is 1. The standard InChI is InChI=1S/C26H35FN2O3/c1-19(16-30)28-25(31)23-6-4-21(5-7-23)22-8-10-24(11-9-22)32-17-20-12-14-29(15-13-20)18-26(2,3)27/h4-11,19-20,30H,12-18H2,1-3H3,(H,28,31)/t19-/m0/s1. The number of likely N-dealkylation sites (tertiary alicyclic amines) is 1. The second-order valence-corrected chi connectivity index (χ2v) is 9.41. The minimum absolute atomic E-state index is 0.0884. The molecule has 1 fully saturated rings. The van der Waals surface area contributed by atoms with Crippen molar-refractivity contribution in [3.63, 3.8) is 0 Å². The molecule has 0 spiro atoms. The molecule has 0 unspecified atom stereocenters. The summed E-state index contributed by atoms with van der Waals surface area (Å²) in [4.78, 5) is 14.3. The Hall–Kier alpha value is -2.44. The topological polar surface area (TPSA) is 61.8 Å². The van der Waals surface area contributed by atoms with Crippen LogP contribution < -0.4 is 10.1 Å². The number of carbonyl (C=O) groups is 1. The number of aliphatic hydroxyl groups is 1. The van der Waals surface area contributed by atoms with Crippen molar-refractivity contribution in [1.29, 1.82) is 0 Å². The largest absolute Gasteiger partial charge is 0.493 e. The quantitative estimate of drug-likeness (QED) is 0.608. The Morgan fingerprint density at radius 3 is 2.22 bits per heavy atom. The van der Waals surface area contributed by atoms with Gasteiger partial charge in [0.1, 0.15) is 11.4 Å². The minimum atomic E-state index is -1.14. The summed E-state index contributed by atoms with van der Waals surface area (Å²) < 4.78 is 19.8. The highest BCUT2D eigenvalue weighted by atomic mass is 19.1. The molecule has 6 heteroatoms. The molecule has 3 rings (SSSR count). The third kappa shape index (κ3) is 7.31. The molecule has 1 saturated heterocycles. The molecule has 0 bridgehead atoms. The fraction of sp³-hybridized carbons (Fsp3) is 0.500. The van der Waals surface area contributed by atoms with Gasteiger partial charge < -0.3 is 20.1 Å². The van der Waals surface area contributed by atoms with Gasteiger partial charge in [-0.25, -0.2) is 4.39 Å². The summed E-state index contributed by atoms with van der Waals surface area (Å²) in [7, 11) is 0. The van der Waals surface area contributed by atoms with Crippen LogP contribution >= 0.6 is 0 Å². The Kier molecular flexibility index (Phi) is 8.26. The average molecular weight is 443 g/mol. The van der Waals surface area contributed by atoms with E-state index in [0.717, 1.165) is 42.8 Å². The Morgan fingerprint density at radius 2 is 1.69 bits per heavy atom. The fourth-order valence-corrected chi connectivity index (χ4v) is 3.97. The van der Waals surface area contributed by atoms with E-state index in [9.17, 15) is 9.18 Å². The first-order chi connectivity index (χ1) is 15.2. The van der Waals surface area contributed by atoms with Crippen molar-refractivity contribution in [2.24, 2.45) is 5.92 Å². The van der Waals surface area contributed by atoms with Crippen molar-refractivity contribution in [3.8, 4) is 16.9 Å². The van der Waals surface area contributed by atoms with E-state index in [1.54, 1.807) is 32.9 Å². The SMILES string of the molecule is C[C@@H](CO)NC(=O)c1ccc(-c2ccc(OCC3CCN(CC(C)(C)F)CC3)cc2)cc1. The first-order valence-corrected chi connectivity index (χ1v) is 11.4. The van der Waals surface area contributed by atoms with Crippen LogP contribution in [0.1, 0.15) is 44.0 Å². The van der Waals surface area contributed by atoms with Crippen LogP contribution in [0.2, 0.25) is 0 Å². The van der Waals surface area contributed by atoms with Gasteiger partial charge in [-0.05, 0) is 88.0 Å². The molecule has 0 saturated carbocycles. The average Bonchev–Trinajstić information content (AvgIpc) is 2.78.